The number of halogens is 2. The molecule has 3 aromatic rings. The van der Waals surface area contributed by atoms with Gasteiger partial charge in [-0.3, -0.25) is 19.3 Å². The Morgan fingerprint density at radius 2 is 1.86 bits per heavy atom. The van der Waals surface area contributed by atoms with E-state index in [1.807, 2.05) is 12.1 Å². The zero-order valence-corrected chi connectivity index (χ0v) is 22.3. The van der Waals surface area contributed by atoms with Crippen LogP contribution in [0.25, 0.3) is 0 Å². The largest absolute Gasteiger partial charge is 0.320 e. The quantitative estimate of drug-likeness (QED) is 0.369. The van der Waals surface area contributed by atoms with E-state index in [0.29, 0.717) is 15.6 Å². The number of nitrogens with zero attached hydrogens (tertiary/aromatic N) is 2. The molecule has 0 spiro atoms. The fourth-order valence-electron chi connectivity index (χ4n) is 4.89. The Morgan fingerprint density at radius 1 is 1.08 bits per heavy atom. The Morgan fingerprint density at radius 3 is 2.53 bits per heavy atom. The molecule has 36 heavy (non-hydrogen) atoms. The molecule has 1 fully saturated rings. The van der Waals surface area contributed by atoms with Crippen LogP contribution < -0.4 is 5.32 Å². The summed E-state index contributed by atoms with van der Waals surface area (Å²) in [7, 11) is 4.18. The third-order valence-electron chi connectivity index (χ3n) is 6.72. The second kappa shape index (κ2) is 9.63. The van der Waals surface area contributed by atoms with E-state index in [0.717, 1.165) is 23.4 Å². The molecule has 1 aromatic heterocycles. The summed E-state index contributed by atoms with van der Waals surface area (Å²) < 4.78 is 0.479. The molecule has 2 aromatic carbocycles. The summed E-state index contributed by atoms with van der Waals surface area (Å²) >= 11 is 13.3. The van der Waals surface area contributed by atoms with Crippen LogP contribution in [-0.4, -0.2) is 54.7 Å². The predicted molar refractivity (Wildman–Crippen MR) is 144 cm³/mol. The second-order valence-electron chi connectivity index (χ2n) is 9.66. The number of carbonyl (C=O) groups excluding carboxylic acids is 3. The highest BCUT2D eigenvalue weighted by Gasteiger charge is 2.44. The van der Waals surface area contributed by atoms with Crippen molar-refractivity contribution in [3.63, 3.8) is 0 Å². The van der Waals surface area contributed by atoms with Crippen LogP contribution in [0.2, 0.25) is 9.36 Å². The van der Waals surface area contributed by atoms with Gasteiger partial charge in [-0.2, -0.15) is 0 Å². The third kappa shape index (κ3) is 4.81. The molecule has 1 saturated carbocycles. The molecule has 1 aliphatic carbocycles. The Kier molecular flexibility index (Phi) is 6.68. The Labute approximate surface area is 223 Å². The van der Waals surface area contributed by atoms with Crippen molar-refractivity contribution in [3.05, 3.63) is 85.0 Å². The average molecular weight is 542 g/mol. The van der Waals surface area contributed by atoms with E-state index in [4.69, 9.17) is 23.2 Å². The molecule has 0 bridgehead atoms. The summed E-state index contributed by atoms with van der Waals surface area (Å²) in [6.07, 6.45) is 2.88. The van der Waals surface area contributed by atoms with Gasteiger partial charge in [0, 0.05) is 23.5 Å². The highest BCUT2D eigenvalue weighted by Crippen LogP contribution is 2.48. The second-order valence-corrected chi connectivity index (χ2v) is 11.8. The maximum atomic E-state index is 13.3. The minimum Gasteiger partial charge on any atom is -0.320 e. The number of anilines is 1. The molecular weight excluding hydrogens is 517 g/mol. The van der Waals surface area contributed by atoms with Gasteiger partial charge in [0.2, 0.25) is 0 Å². The third-order valence-corrected chi connectivity index (χ3v) is 8.17. The molecule has 2 aliphatic rings. The van der Waals surface area contributed by atoms with E-state index in [1.54, 1.807) is 12.1 Å². The van der Waals surface area contributed by atoms with Crippen molar-refractivity contribution in [1.82, 2.24) is 9.80 Å². The van der Waals surface area contributed by atoms with Crippen molar-refractivity contribution in [2.75, 3.05) is 32.5 Å². The first-order valence-electron chi connectivity index (χ1n) is 11.7. The molecule has 6 nitrogen and oxygen atoms in total. The van der Waals surface area contributed by atoms with Crippen molar-refractivity contribution >= 4 is 57.9 Å². The van der Waals surface area contributed by atoms with Crippen LogP contribution in [0, 0.1) is 0 Å². The molecule has 2 heterocycles. The van der Waals surface area contributed by atoms with E-state index >= 15 is 0 Å². The smallest absolute Gasteiger partial charge is 0.265 e. The molecular formula is C27H25Cl2N3O3S. The number of hydrogen-bond acceptors (Lipinski definition) is 5. The van der Waals surface area contributed by atoms with E-state index in [9.17, 15) is 14.4 Å². The van der Waals surface area contributed by atoms with Crippen LogP contribution in [0.4, 0.5) is 5.69 Å². The minimum absolute atomic E-state index is 0.164. The van der Waals surface area contributed by atoms with Crippen LogP contribution >= 0.6 is 34.5 Å². The SMILES string of the molecule is CN(C)CC1(c2cccc(CCN3C(=O)c4cc(Cl)cc(NC(=O)c5ccc(Cl)s5)c4C3=O)c2)CC1. The van der Waals surface area contributed by atoms with Gasteiger partial charge in [-0.15, -0.1) is 11.3 Å². The molecule has 0 saturated heterocycles. The molecule has 5 rings (SSSR count). The molecule has 9 heteroatoms. The molecule has 186 valence electrons. The first-order valence-corrected chi connectivity index (χ1v) is 13.2. The van der Waals surface area contributed by atoms with E-state index in [-0.39, 0.29) is 33.8 Å². The van der Waals surface area contributed by atoms with Crippen LogP contribution in [-0.2, 0) is 11.8 Å². The number of amides is 3. The van der Waals surface area contributed by atoms with Gasteiger partial charge < -0.3 is 10.2 Å². The number of carbonyl (C=O) groups is 3. The number of benzene rings is 2. The molecule has 1 N–H and O–H groups in total. The summed E-state index contributed by atoms with van der Waals surface area (Å²) in [6, 6.07) is 14.6. The number of rotatable bonds is 8. The number of thiophene rings is 1. The van der Waals surface area contributed by atoms with Crippen LogP contribution in [0.5, 0.6) is 0 Å². The number of likely N-dealkylation sites (N-methyl/N-ethyl adjacent to an activating group) is 1. The van der Waals surface area contributed by atoms with E-state index in [2.05, 4.69) is 36.4 Å². The normalized spacial score (nSPS) is 16.0. The van der Waals surface area contributed by atoms with Gasteiger partial charge in [-0.25, -0.2) is 0 Å². The maximum absolute atomic E-state index is 13.3. The highest BCUT2D eigenvalue weighted by atomic mass is 35.5. The Balaban J connectivity index is 1.34. The molecule has 0 atom stereocenters. The van der Waals surface area contributed by atoms with Gasteiger partial charge in [-0.1, -0.05) is 47.5 Å². The first-order chi connectivity index (χ1) is 17.2. The average Bonchev–Trinajstić information content (AvgIpc) is 3.40. The van der Waals surface area contributed by atoms with Crippen LogP contribution in [0.15, 0.2) is 48.5 Å². The maximum Gasteiger partial charge on any atom is 0.265 e. The summed E-state index contributed by atoms with van der Waals surface area (Å²) in [5, 5.41) is 2.99. The molecule has 3 amide bonds. The molecule has 0 unspecified atom stereocenters. The van der Waals surface area contributed by atoms with E-state index < -0.39 is 17.7 Å². The van der Waals surface area contributed by atoms with E-state index in [1.165, 1.54) is 35.4 Å². The molecule has 0 radical (unpaired) electrons. The van der Waals surface area contributed by atoms with Gasteiger partial charge in [-0.05, 0) is 68.8 Å². The minimum atomic E-state index is -0.436. The zero-order chi connectivity index (χ0) is 25.6. The van der Waals surface area contributed by atoms with Gasteiger partial charge in [0.1, 0.15) is 0 Å². The van der Waals surface area contributed by atoms with Crippen LogP contribution in [0.1, 0.15) is 54.4 Å². The summed E-state index contributed by atoms with van der Waals surface area (Å²) in [4.78, 5) is 43.0. The van der Waals surface area contributed by atoms with Crippen molar-refractivity contribution in [2.45, 2.75) is 24.7 Å². The van der Waals surface area contributed by atoms with Crippen molar-refractivity contribution in [1.29, 1.82) is 0 Å². The number of nitrogens with one attached hydrogen (secondary N) is 1. The van der Waals surface area contributed by atoms with Gasteiger partial charge in [0.05, 0.1) is 26.0 Å². The van der Waals surface area contributed by atoms with Gasteiger partial charge >= 0.3 is 0 Å². The lowest BCUT2D eigenvalue weighted by molar-refractivity contribution is 0.0656. The fraction of sp³-hybridized carbons (Fsp3) is 0.296. The van der Waals surface area contributed by atoms with Gasteiger partial charge in [0.15, 0.2) is 0 Å². The molecule has 1 aliphatic heterocycles. The Bertz CT molecular complexity index is 1380. The monoisotopic (exact) mass is 541 g/mol. The topological polar surface area (TPSA) is 69.7 Å². The summed E-state index contributed by atoms with van der Waals surface area (Å²) in [5.74, 6) is -1.26. The standard InChI is InChI=1S/C27H25Cl2N3O3S/c1-31(2)15-27(9-10-27)17-5-3-4-16(12-17)8-11-32-25(34)19-13-18(28)14-20(23(19)26(32)35)30-24(33)21-6-7-22(29)36-21/h3-7,12-14H,8-11,15H2,1-2H3,(H,30,33). The van der Waals surface area contributed by atoms with Crippen molar-refractivity contribution in [2.24, 2.45) is 0 Å². The summed E-state index contributed by atoms with van der Waals surface area (Å²) in [5.41, 5.74) is 3.16. The number of imide groups is 1. The fourth-order valence-corrected chi connectivity index (χ4v) is 6.05. The summed E-state index contributed by atoms with van der Waals surface area (Å²) in [6.45, 7) is 1.24. The Hall–Kier alpha value is -2.71. The van der Waals surface area contributed by atoms with Crippen molar-refractivity contribution in [3.8, 4) is 0 Å². The number of hydrogen-bond donors (Lipinski definition) is 1. The highest BCUT2D eigenvalue weighted by molar-refractivity contribution is 7.18. The lowest BCUT2D eigenvalue weighted by Gasteiger charge is -2.21. The lowest BCUT2D eigenvalue weighted by atomic mass is 9.93. The van der Waals surface area contributed by atoms with Crippen molar-refractivity contribution < 1.29 is 14.4 Å². The zero-order valence-electron chi connectivity index (χ0n) is 19.9. The van der Waals surface area contributed by atoms with Crippen LogP contribution in [0.3, 0.4) is 0 Å². The predicted octanol–water partition coefficient (Wildman–Crippen LogP) is 5.74. The van der Waals surface area contributed by atoms with Gasteiger partial charge in [0.25, 0.3) is 17.7 Å². The lowest BCUT2D eigenvalue weighted by Crippen LogP contribution is -2.32. The number of fused-ring (bicyclic) bond motifs is 1. The first kappa shape index (κ1) is 25.0.